The fourth-order valence-corrected chi connectivity index (χ4v) is 12.6. The summed E-state index contributed by atoms with van der Waals surface area (Å²) in [5, 5.41) is 10.2. The monoisotopic (exact) mass is 796 g/mol. The molecule has 0 heterocycles. The van der Waals surface area contributed by atoms with Gasteiger partial charge in [-0.05, 0) is 136 Å². The summed E-state index contributed by atoms with van der Waals surface area (Å²) in [6.45, 7) is 23.8. The van der Waals surface area contributed by atoms with Crippen LogP contribution in [0, 0.1) is 56.7 Å². The van der Waals surface area contributed by atoms with E-state index in [1.165, 1.54) is 43.3 Å². The zero-order valence-corrected chi connectivity index (χ0v) is 37.4. The number of aldehydes is 1. The van der Waals surface area contributed by atoms with Gasteiger partial charge in [-0.25, -0.2) is 0 Å². The van der Waals surface area contributed by atoms with E-state index >= 15 is 0 Å². The van der Waals surface area contributed by atoms with Crippen LogP contribution in [0.5, 0.6) is 0 Å². The SMILES string of the molecule is C/C=C/C12CCC3C(CCC4C3(C)CCC3C(C)(C)C(OC(=O)CC(C)(C)C=O)CCC34C)C1=C(C(C)C)C(=O)C2.CO.C\C=C/C=C\C(Cl)=C\C(C)NC=O. The van der Waals surface area contributed by atoms with Gasteiger partial charge in [0.2, 0.25) is 6.41 Å². The summed E-state index contributed by atoms with van der Waals surface area (Å²) in [6, 6.07) is -0.0414. The van der Waals surface area contributed by atoms with E-state index < -0.39 is 5.41 Å². The number of Topliss-reactive ketones (excluding diaryl/α,β-unsaturated/α-hetero) is 1. The standard InChI is InChI=1S/C37H56O4.C10H14ClNO.CH4O/c1-10-16-37-19-13-25-24(32(37)31(23(2)3)26(39)20-37)11-12-28-35(25,8)17-14-27-34(6,7)29(15-18-36(27,28)9)41-30(40)21-33(4,5)22-38;1-3-4-5-6-10(11)7-9(2)12-8-13;1-2/h10,16,22-25,27-29H,11-15,17-21H2,1-9H3;3-9H,1-2H3,(H,12,13);2H,1H3/b16-10+;4-3-,6-5-,10-7-;. The molecule has 0 aliphatic heterocycles. The van der Waals surface area contributed by atoms with Crippen LogP contribution >= 0.6 is 11.6 Å². The van der Waals surface area contributed by atoms with Crippen LogP contribution < -0.4 is 5.32 Å². The maximum absolute atomic E-state index is 13.5. The van der Waals surface area contributed by atoms with Crippen LogP contribution in [0.15, 0.2) is 58.7 Å². The van der Waals surface area contributed by atoms with Gasteiger partial charge in [-0.2, -0.15) is 0 Å². The van der Waals surface area contributed by atoms with Crippen molar-refractivity contribution in [1.29, 1.82) is 0 Å². The number of esters is 1. The molecule has 9 atom stereocenters. The second-order valence-corrected chi connectivity index (χ2v) is 19.8. The van der Waals surface area contributed by atoms with E-state index in [0.717, 1.165) is 32.7 Å². The molecule has 1 amide bonds. The molecule has 0 aromatic carbocycles. The van der Waals surface area contributed by atoms with Crippen LogP contribution in [-0.4, -0.2) is 48.8 Å². The van der Waals surface area contributed by atoms with E-state index in [-0.39, 0.29) is 52.1 Å². The number of amides is 1. The maximum atomic E-state index is 13.5. The summed E-state index contributed by atoms with van der Waals surface area (Å²) >= 11 is 5.83. The third-order valence-electron chi connectivity index (χ3n) is 14.6. The minimum Gasteiger partial charge on any atom is -0.462 e. The Bertz CT molecular complexity index is 1570. The Kier molecular flexibility index (Phi) is 16.4. The lowest BCUT2D eigenvalue weighted by Gasteiger charge is -2.68. The van der Waals surface area contributed by atoms with Gasteiger partial charge in [0.15, 0.2) is 5.78 Å². The molecule has 56 heavy (non-hydrogen) atoms. The molecule has 7 nitrogen and oxygen atoms in total. The molecule has 4 fully saturated rings. The second-order valence-electron chi connectivity index (χ2n) is 19.4. The van der Waals surface area contributed by atoms with E-state index in [9.17, 15) is 19.2 Å². The van der Waals surface area contributed by atoms with Crippen molar-refractivity contribution >= 4 is 36.0 Å². The van der Waals surface area contributed by atoms with E-state index in [4.69, 9.17) is 21.4 Å². The minimum absolute atomic E-state index is 0.0414. The predicted molar refractivity (Wildman–Crippen MR) is 229 cm³/mol. The van der Waals surface area contributed by atoms with Gasteiger partial charge in [-0.1, -0.05) is 97.4 Å². The highest BCUT2D eigenvalue weighted by atomic mass is 35.5. The first-order valence-corrected chi connectivity index (χ1v) is 21.5. The van der Waals surface area contributed by atoms with Crippen molar-refractivity contribution in [2.45, 2.75) is 153 Å². The van der Waals surface area contributed by atoms with E-state index in [0.29, 0.717) is 47.3 Å². The van der Waals surface area contributed by atoms with Gasteiger partial charge in [-0.15, -0.1) is 0 Å². The molecule has 2 N–H and O–H groups in total. The number of ether oxygens (including phenoxy) is 1. The quantitative estimate of drug-likeness (QED) is 0.0933. The molecule has 314 valence electrons. The average molecular weight is 797 g/mol. The van der Waals surface area contributed by atoms with Crippen molar-refractivity contribution < 1.29 is 29.0 Å². The highest BCUT2D eigenvalue weighted by Gasteiger charge is 2.66. The third-order valence-corrected chi connectivity index (χ3v) is 14.8. The number of carbonyl (C=O) groups excluding carboxylic acids is 4. The van der Waals surface area contributed by atoms with Crippen molar-refractivity contribution in [3.63, 3.8) is 0 Å². The highest BCUT2D eigenvalue weighted by molar-refractivity contribution is 6.31. The summed E-state index contributed by atoms with van der Waals surface area (Å²) in [7, 11) is 1.00. The molecule has 9 unspecified atom stereocenters. The zero-order chi connectivity index (χ0) is 42.3. The topological polar surface area (TPSA) is 110 Å². The number of hydrogen-bond acceptors (Lipinski definition) is 6. The summed E-state index contributed by atoms with van der Waals surface area (Å²) in [4.78, 5) is 47.8. The third kappa shape index (κ3) is 9.73. The Morgan fingerprint density at radius 2 is 1.59 bits per heavy atom. The maximum Gasteiger partial charge on any atom is 0.307 e. The Morgan fingerprint density at radius 3 is 2.18 bits per heavy atom. The van der Waals surface area contributed by atoms with Crippen LogP contribution in [0.1, 0.15) is 140 Å². The second kappa shape index (κ2) is 19.3. The molecule has 0 aromatic heterocycles. The molecular formula is C48H74ClNO6. The van der Waals surface area contributed by atoms with Crippen LogP contribution in [0.3, 0.4) is 0 Å². The van der Waals surface area contributed by atoms with Gasteiger partial charge < -0.3 is 20.0 Å². The lowest BCUT2D eigenvalue weighted by Crippen LogP contribution is -2.63. The molecule has 0 aromatic rings. The van der Waals surface area contributed by atoms with Gasteiger partial charge in [-0.3, -0.25) is 14.4 Å². The first-order chi connectivity index (χ1) is 26.3. The molecule has 8 heteroatoms. The number of hydrogen-bond donors (Lipinski definition) is 2. The number of halogens is 1. The fourth-order valence-electron chi connectivity index (χ4n) is 12.4. The number of allylic oxidation sites excluding steroid dienone is 9. The Hall–Kier alpha value is -2.77. The molecule has 5 aliphatic carbocycles. The number of rotatable bonds is 11. The first-order valence-electron chi connectivity index (χ1n) is 21.1. The van der Waals surface area contributed by atoms with Crippen LogP contribution in [0.25, 0.3) is 0 Å². The van der Waals surface area contributed by atoms with E-state index in [2.05, 4.69) is 65.9 Å². The molecule has 0 saturated heterocycles. The predicted octanol–water partition coefficient (Wildman–Crippen LogP) is 10.7. The molecule has 0 radical (unpaired) electrons. The molecule has 5 rings (SSSR count). The first kappa shape index (κ1) is 47.6. The molecule has 0 spiro atoms. The number of ketones is 1. The Labute approximate surface area is 344 Å². The number of nitrogens with one attached hydrogen (secondary N) is 1. The summed E-state index contributed by atoms with van der Waals surface area (Å²) in [5.74, 6) is 2.76. The molecule has 0 bridgehead atoms. The molecular weight excluding hydrogens is 722 g/mol. The van der Waals surface area contributed by atoms with Crippen molar-refractivity contribution in [2.75, 3.05) is 7.11 Å². The normalized spacial score (nSPS) is 34.4. The summed E-state index contributed by atoms with van der Waals surface area (Å²) in [6.07, 6.45) is 25.1. The van der Waals surface area contributed by atoms with Crippen LogP contribution in [0.4, 0.5) is 0 Å². The largest absolute Gasteiger partial charge is 0.462 e. The Balaban J connectivity index is 0.000000478. The number of aliphatic hydroxyl groups is 1. The summed E-state index contributed by atoms with van der Waals surface area (Å²) in [5.41, 5.74) is 2.35. The van der Waals surface area contributed by atoms with Gasteiger partial charge >= 0.3 is 5.97 Å². The fraction of sp³-hybridized carbons (Fsp3) is 0.708. The van der Waals surface area contributed by atoms with Crippen molar-refractivity contribution in [1.82, 2.24) is 5.32 Å². The zero-order valence-electron chi connectivity index (χ0n) is 36.7. The molecule has 4 saturated carbocycles. The van der Waals surface area contributed by atoms with Gasteiger partial charge in [0.05, 0.1) is 6.42 Å². The average Bonchev–Trinajstić information content (AvgIpc) is 3.42. The summed E-state index contributed by atoms with van der Waals surface area (Å²) < 4.78 is 6.17. The van der Waals surface area contributed by atoms with Crippen molar-refractivity contribution in [3.8, 4) is 0 Å². The van der Waals surface area contributed by atoms with Crippen LogP contribution in [-0.2, 0) is 23.9 Å². The number of carbonyl (C=O) groups is 4. The minimum atomic E-state index is -0.686. The highest BCUT2D eigenvalue weighted by Crippen LogP contribution is 2.73. The van der Waals surface area contributed by atoms with Gasteiger partial charge in [0, 0.05) is 40.8 Å². The van der Waals surface area contributed by atoms with E-state index in [1.807, 2.05) is 32.1 Å². The van der Waals surface area contributed by atoms with Crippen molar-refractivity contribution in [3.05, 3.63) is 58.7 Å². The lowest BCUT2D eigenvalue weighted by atomic mass is 9.36. The molecule has 5 aliphatic rings. The number of fused-ring (bicyclic) bond motifs is 7. The smallest absolute Gasteiger partial charge is 0.307 e. The van der Waals surface area contributed by atoms with Gasteiger partial charge in [0.25, 0.3) is 0 Å². The van der Waals surface area contributed by atoms with E-state index in [1.54, 1.807) is 26.0 Å². The lowest BCUT2D eigenvalue weighted by molar-refractivity contribution is -0.213. The Morgan fingerprint density at radius 1 is 0.929 bits per heavy atom. The van der Waals surface area contributed by atoms with Gasteiger partial charge in [0.1, 0.15) is 12.4 Å². The van der Waals surface area contributed by atoms with Crippen molar-refractivity contribution in [2.24, 2.45) is 56.7 Å². The van der Waals surface area contributed by atoms with Crippen LogP contribution in [0.2, 0.25) is 0 Å². The number of aliphatic hydroxyl groups excluding tert-OH is 1.